The summed E-state index contributed by atoms with van der Waals surface area (Å²) >= 11 is 0. The number of halogens is 8. The van der Waals surface area contributed by atoms with Crippen LogP contribution in [0.2, 0.25) is 0 Å². The average molecular weight is 947 g/mol. The number of nitrogens with zero attached hydrogens (tertiary/aromatic N) is 10. The van der Waals surface area contributed by atoms with Gasteiger partial charge in [-0.25, -0.2) is 33.5 Å². The van der Waals surface area contributed by atoms with Crippen molar-refractivity contribution in [1.82, 2.24) is 40.3 Å². The smallest absolute Gasteiger partial charge is 0.416 e. The number of carbonyl (C=O) groups is 2. The zero-order valence-electron chi connectivity index (χ0n) is 33.7. The first-order chi connectivity index (χ1) is 30.7. The molecule has 2 saturated heterocycles. The summed E-state index contributed by atoms with van der Waals surface area (Å²) in [5.41, 5.74) is 5.50. The fraction of sp³-hybridized carbons (Fsp3) is 0.286. The Morgan fingerprint density at radius 1 is 0.657 bits per heavy atom. The number of carboxylic acid groups (broad SMARTS) is 1. The van der Waals surface area contributed by atoms with Crippen molar-refractivity contribution in [2.75, 3.05) is 47.0 Å². The van der Waals surface area contributed by atoms with Gasteiger partial charge in [-0.05, 0) is 50.2 Å². The molecule has 8 rings (SSSR count). The second-order valence-electron chi connectivity index (χ2n) is 14.1. The molecule has 6 heterocycles. The number of aromatic nitrogens is 8. The van der Waals surface area contributed by atoms with E-state index in [9.17, 15) is 44.7 Å². The minimum Gasteiger partial charge on any atom is -0.487 e. The van der Waals surface area contributed by atoms with Gasteiger partial charge in [0.05, 0.1) is 72.5 Å². The monoisotopic (exact) mass is 946 g/mol. The van der Waals surface area contributed by atoms with Gasteiger partial charge in [0.2, 0.25) is 0 Å². The molecule has 0 bridgehead atoms. The van der Waals surface area contributed by atoms with E-state index in [1.807, 2.05) is 6.92 Å². The predicted molar refractivity (Wildman–Crippen MR) is 226 cm³/mol. The number of hydrogen-bond donors (Lipinski definition) is 3. The van der Waals surface area contributed by atoms with E-state index in [2.05, 4.69) is 45.6 Å². The third-order valence-electron chi connectivity index (χ3n) is 8.91. The highest BCUT2D eigenvalue weighted by atomic mass is 19.4. The zero-order valence-corrected chi connectivity index (χ0v) is 33.7. The summed E-state index contributed by atoms with van der Waals surface area (Å²) < 4.78 is 114. The van der Waals surface area contributed by atoms with E-state index in [1.165, 1.54) is 37.2 Å². The topological polar surface area (TPSA) is 220 Å². The number of rotatable bonds is 9. The van der Waals surface area contributed by atoms with Crippen molar-refractivity contribution < 1.29 is 59.3 Å². The summed E-state index contributed by atoms with van der Waals surface area (Å²) in [4.78, 5) is 43.0. The van der Waals surface area contributed by atoms with Crippen molar-refractivity contribution in [3.63, 3.8) is 0 Å². The number of hydrogen-bond acceptors (Lipinski definition) is 15. The van der Waals surface area contributed by atoms with Gasteiger partial charge in [-0.3, -0.25) is 4.79 Å². The maximum Gasteiger partial charge on any atom is 0.416 e. The van der Waals surface area contributed by atoms with Crippen LogP contribution in [-0.4, -0.2) is 95.7 Å². The first-order valence-corrected chi connectivity index (χ1v) is 18.8. The summed E-state index contributed by atoms with van der Waals surface area (Å²) in [7, 11) is 0. The second kappa shape index (κ2) is 21.9. The van der Waals surface area contributed by atoms with Gasteiger partial charge >= 0.3 is 18.3 Å². The second-order valence-corrected chi connectivity index (χ2v) is 14.1. The van der Waals surface area contributed by atoms with Crippen molar-refractivity contribution in [3.05, 3.63) is 131 Å². The molecular formula is C42H42F8N12O5. The molecule has 356 valence electrons. The Bertz CT molecular complexity index is 2630. The normalized spacial score (nSPS) is 13.4. The highest BCUT2D eigenvalue weighted by Gasteiger charge is 2.37. The van der Waals surface area contributed by atoms with Gasteiger partial charge in [0, 0.05) is 36.9 Å². The number of benzene rings is 2. The lowest BCUT2D eigenvalue weighted by Gasteiger charge is -2.40. The SMILES string of the molecule is C.C.Cc1cc(N)cnn1.Cc1cc(NC(=O)c2nccnc2N2CC(Oc3cc(F)cc(C(F)(F)F)c3)C2)cnn1.O=C(O)c1nccnc1N1CC(Oc2cc(F)cc(C(F)(F)F)c2)C1. The Kier molecular flexibility index (Phi) is 16.9. The van der Waals surface area contributed by atoms with Crippen molar-refractivity contribution in [2.24, 2.45) is 0 Å². The molecule has 0 atom stereocenters. The molecular weight excluding hydrogens is 905 g/mol. The highest BCUT2D eigenvalue weighted by molar-refractivity contribution is 6.06. The number of aryl methyl sites for hydroxylation is 2. The van der Waals surface area contributed by atoms with Gasteiger partial charge < -0.3 is 35.4 Å². The molecule has 2 aliphatic heterocycles. The Morgan fingerprint density at radius 3 is 1.51 bits per heavy atom. The van der Waals surface area contributed by atoms with E-state index in [0.717, 1.165) is 30.0 Å². The largest absolute Gasteiger partial charge is 0.487 e. The number of carboxylic acids is 1. The first kappa shape index (κ1) is 51.8. The van der Waals surface area contributed by atoms with Crippen LogP contribution in [0.15, 0.2) is 85.7 Å². The van der Waals surface area contributed by atoms with Crippen LogP contribution in [0.4, 0.5) is 58.1 Å². The van der Waals surface area contributed by atoms with Crippen LogP contribution in [-0.2, 0) is 12.4 Å². The predicted octanol–water partition coefficient (Wildman–Crippen LogP) is 7.49. The molecule has 0 radical (unpaired) electrons. The lowest BCUT2D eigenvalue weighted by Crippen LogP contribution is -2.54. The lowest BCUT2D eigenvalue weighted by atomic mass is 10.1. The molecule has 0 spiro atoms. The fourth-order valence-corrected chi connectivity index (χ4v) is 6.01. The summed E-state index contributed by atoms with van der Waals surface area (Å²) in [6, 6.07) is 7.43. The molecule has 4 aromatic heterocycles. The van der Waals surface area contributed by atoms with Gasteiger partial charge in [0.1, 0.15) is 35.3 Å². The van der Waals surface area contributed by atoms with E-state index in [-0.39, 0.29) is 69.7 Å². The van der Waals surface area contributed by atoms with E-state index < -0.39 is 59.2 Å². The van der Waals surface area contributed by atoms with Crippen molar-refractivity contribution in [1.29, 1.82) is 0 Å². The minimum absolute atomic E-state index is 0. The molecule has 0 unspecified atom stereocenters. The van der Waals surface area contributed by atoms with Crippen LogP contribution in [0, 0.1) is 25.5 Å². The van der Waals surface area contributed by atoms with Crippen LogP contribution in [0.3, 0.4) is 0 Å². The zero-order chi connectivity index (χ0) is 47.1. The number of alkyl halides is 6. The maximum atomic E-state index is 13.6. The van der Waals surface area contributed by atoms with Crippen LogP contribution in [0.25, 0.3) is 0 Å². The number of amides is 1. The summed E-state index contributed by atoms with van der Waals surface area (Å²) in [6.07, 6.45) is -2.12. The minimum atomic E-state index is -4.68. The van der Waals surface area contributed by atoms with Crippen molar-refractivity contribution >= 4 is 34.9 Å². The van der Waals surface area contributed by atoms with Gasteiger partial charge in [-0.2, -0.15) is 46.7 Å². The Balaban J connectivity index is 0.000000249. The fourth-order valence-electron chi connectivity index (χ4n) is 6.01. The Labute approximate surface area is 377 Å². The molecule has 2 aliphatic rings. The van der Waals surface area contributed by atoms with E-state index >= 15 is 0 Å². The third-order valence-corrected chi connectivity index (χ3v) is 8.91. The molecule has 4 N–H and O–H groups in total. The first-order valence-electron chi connectivity index (χ1n) is 18.8. The van der Waals surface area contributed by atoms with Crippen LogP contribution in [0.5, 0.6) is 11.5 Å². The van der Waals surface area contributed by atoms with Gasteiger partial charge in [-0.1, -0.05) is 14.9 Å². The number of nitrogens with one attached hydrogen (secondary N) is 1. The molecule has 17 nitrogen and oxygen atoms in total. The number of nitrogens with two attached hydrogens (primary N) is 1. The molecule has 6 aromatic rings. The summed E-state index contributed by atoms with van der Waals surface area (Å²) in [5.74, 6) is -3.88. The van der Waals surface area contributed by atoms with Crippen molar-refractivity contribution in [2.45, 2.75) is 53.3 Å². The van der Waals surface area contributed by atoms with Gasteiger partial charge in [-0.15, -0.1) is 0 Å². The number of carbonyl (C=O) groups excluding carboxylic acids is 1. The Morgan fingerprint density at radius 2 is 1.09 bits per heavy atom. The molecule has 1 amide bonds. The third kappa shape index (κ3) is 14.1. The molecule has 67 heavy (non-hydrogen) atoms. The number of aromatic carboxylic acids is 1. The van der Waals surface area contributed by atoms with Crippen LogP contribution < -0.4 is 30.3 Å². The van der Waals surface area contributed by atoms with E-state index in [4.69, 9.17) is 20.3 Å². The van der Waals surface area contributed by atoms with Gasteiger partial charge in [0.15, 0.2) is 23.0 Å². The highest BCUT2D eigenvalue weighted by Crippen LogP contribution is 2.35. The van der Waals surface area contributed by atoms with Crippen LogP contribution >= 0.6 is 0 Å². The molecule has 2 fully saturated rings. The van der Waals surface area contributed by atoms with E-state index in [0.29, 0.717) is 35.0 Å². The molecule has 0 saturated carbocycles. The Hall–Kier alpha value is -7.86. The molecule has 0 aliphatic carbocycles. The standard InChI is InChI=1S/C20H16F4N6O2.C15H11F4N3O3.C5H7N3.2CH4/c1-11-4-14(8-27-29-11)28-19(31)17-18(26-3-2-25-17)30-9-16(10-30)32-15-6-12(20(22,23)24)5-13(21)7-15;16-9-3-8(15(17,18)19)4-10(5-9)25-11-6-22(7-11)13-12(14(23)24)20-1-2-21-13;1-4-2-5(6)3-7-8-4;;/h2-8,16H,9-10H2,1H3,(H,28,29,31);1-5,11H,6-7H2,(H,23,24);2-3H,1H3,(H2,6,8);2*1H4. The lowest BCUT2D eigenvalue weighted by molar-refractivity contribution is -0.138. The van der Waals surface area contributed by atoms with Crippen molar-refractivity contribution in [3.8, 4) is 11.5 Å². The number of anilines is 4. The maximum absolute atomic E-state index is 13.6. The quantitative estimate of drug-likeness (QED) is 0.120. The molecule has 2 aromatic carbocycles. The number of nitrogen functional groups attached to an aromatic ring is 1. The van der Waals surface area contributed by atoms with Gasteiger partial charge in [0.25, 0.3) is 5.91 Å². The van der Waals surface area contributed by atoms with Crippen LogP contribution in [0.1, 0.15) is 58.3 Å². The number of ether oxygens (including phenoxy) is 2. The van der Waals surface area contributed by atoms with E-state index in [1.54, 1.807) is 28.9 Å². The molecule has 25 heteroatoms. The summed E-state index contributed by atoms with van der Waals surface area (Å²) in [5, 5.41) is 26.6. The summed E-state index contributed by atoms with van der Waals surface area (Å²) in [6.45, 7) is 4.42. The average Bonchev–Trinajstić information content (AvgIpc) is 3.20.